The Labute approximate surface area is 202 Å². The monoisotopic (exact) mass is 477 g/mol. The van der Waals surface area contributed by atoms with Gasteiger partial charge in [-0.15, -0.1) is 0 Å². The van der Waals surface area contributed by atoms with Crippen molar-refractivity contribution in [1.29, 1.82) is 0 Å². The van der Waals surface area contributed by atoms with Crippen LogP contribution in [-0.2, 0) is 0 Å². The van der Waals surface area contributed by atoms with Gasteiger partial charge >= 0.3 is 0 Å². The molecule has 166 valence electrons. The first kappa shape index (κ1) is 22.8. The summed E-state index contributed by atoms with van der Waals surface area (Å²) in [7, 11) is 0. The van der Waals surface area contributed by atoms with E-state index in [1.54, 1.807) is 18.2 Å². The van der Waals surface area contributed by atoms with Crippen LogP contribution in [0.2, 0.25) is 10.0 Å². The number of hydrazone groups is 1. The maximum Gasteiger partial charge on any atom is 0.272 e. The lowest BCUT2D eigenvalue weighted by Crippen LogP contribution is -2.18. The molecule has 3 aromatic carbocycles. The highest BCUT2D eigenvalue weighted by atomic mass is 35.5. The molecule has 7 heteroatoms. The molecule has 0 radical (unpaired) electrons. The van der Waals surface area contributed by atoms with Crippen molar-refractivity contribution in [2.24, 2.45) is 5.10 Å². The van der Waals surface area contributed by atoms with Crippen LogP contribution >= 0.6 is 23.2 Å². The van der Waals surface area contributed by atoms with E-state index in [4.69, 9.17) is 32.9 Å². The number of halogens is 2. The second-order valence-corrected chi connectivity index (χ2v) is 8.45. The number of carbonyl (C=O) groups is 1. The quantitative estimate of drug-likeness (QED) is 0.246. The first-order chi connectivity index (χ1) is 15.9. The molecule has 5 nitrogen and oxygen atoms in total. The van der Waals surface area contributed by atoms with Gasteiger partial charge in [0.05, 0.1) is 34.1 Å². The molecule has 0 saturated heterocycles. The van der Waals surface area contributed by atoms with Crippen LogP contribution in [0.1, 0.15) is 29.8 Å². The normalized spacial score (nSPS) is 11.3. The summed E-state index contributed by atoms with van der Waals surface area (Å²) in [6.07, 6.45) is 1.37. The number of nitrogens with zero attached hydrogens (tertiary/aromatic N) is 2. The highest BCUT2D eigenvalue weighted by molar-refractivity contribution is 6.36. The predicted octanol–water partition coefficient (Wildman–Crippen LogP) is 6.76. The molecule has 0 fully saturated rings. The van der Waals surface area contributed by atoms with Crippen molar-refractivity contribution in [3.63, 3.8) is 0 Å². The van der Waals surface area contributed by atoms with Gasteiger partial charge in [0.2, 0.25) is 0 Å². The molecule has 1 N–H and O–H groups in total. The van der Waals surface area contributed by atoms with Crippen LogP contribution in [-0.4, -0.2) is 23.2 Å². The van der Waals surface area contributed by atoms with E-state index < -0.39 is 0 Å². The summed E-state index contributed by atoms with van der Waals surface area (Å²) in [5.41, 5.74) is 5.98. The molecule has 0 saturated carbocycles. The summed E-state index contributed by atoms with van der Waals surface area (Å²) >= 11 is 12.4. The molecule has 0 unspecified atom stereocenters. The van der Waals surface area contributed by atoms with E-state index in [2.05, 4.69) is 10.5 Å². The number of pyridine rings is 1. The number of fused-ring (bicyclic) bond motifs is 1. The molecule has 0 atom stereocenters. The number of para-hydroxylation sites is 1. The fourth-order valence-corrected chi connectivity index (χ4v) is 3.93. The fraction of sp³-hybridized carbons (Fsp3) is 0.115. The summed E-state index contributed by atoms with van der Waals surface area (Å²) in [5, 5.41) is 5.68. The number of benzene rings is 3. The summed E-state index contributed by atoms with van der Waals surface area (Å²) in [4.78, 5) is 17.8. The van der Waals surface area contributed by atoms with E-state index in [9.17, 15) is 4.79 Å². The van der Waals surface area contributed by atoms with Crippen LogP contribution < -0.4 is 10.2 Å². The van der Waals surface area contributed by atoms with Gasteiger partial charge in [0, 0.05) is 21.5 Å². The predicted molar refractivity (Wildman–Crippen MR) is 134 cm³/mol. The summed E-state index contributed by atoms with van der Waals surface area (Å²) < 4.78 is 5.79. The first-order valence-corrected chi connectivity index (χ1v) is 11.1. The molecule has 4 rings (SSSR count). The van der Waals surface area contributed by atoms with E-state index in [-0.39, 0.29) is 12.0 Å². The van der Waals surface area contributed by atoms with Gasteiger partial charge in [-0.2, -0.15) is 5.10 Å². The van der Waals surface area contributed by atoms with E-state index in [0.717, 1.165) is 16.5 Å². The minimum absolute atomic E-state index is 0.0926. The van der Waals surface area contributed by atoms with Crippen LogP contribution in [0.3, 0.4) is 0 Å². The molecule has 1 aromatic heterocycles. The zero-order chi connectivity index (χ0) is 23.4. The molecule has 1 heterocycles. The van der Waals surface area contributed by atoms with Gasteiger partial charge in [0.25, 0.3) is 5.91 Å². The second kappa shape index (κ2) is 10.0. The van der Waals surface area contributed by atoms with Crippen LogP contribution in [0, 0.1) is 0 Å². The van der Waals surface area contributed by atoms with Gasteiger partial charge < -0.3 is 4.74 Å². The van der Waals surface area contributed by atoms with Crippen molar-refractivity contribution in [3.8, 4) is 17.0 Å². The Hall–Kier alpha value is -3.41. The van der Waals surface area contributed by atoms with Crippen LogP contribution in [0.25, 0.3) is 22.2 Å². The number of aromatic nitrogens is 1. The second-order valence-electron chi connectivity index (χ2n) is 7.61. The Bertz CT molecular complexity index is 1340. The highest BCUT2D eigenvalue weighted by Crippen LogP contribution is 2.32. The molecule has 33 heavy (non-hydrogen) atoms. The van der Waals surface area contributed by atoms with E-state index >= 15 is 0 Å². The lowest BCUT2D eigenvalue weighted by atomic mass is 10.0. The number of ether oxygens (including phenoxy) is 1. The van der Waals surface area contributed by atoms with Crippen molar-refractivity contribution in [3.05, 3.63) is 94.0 Å². The molecule has 0 aliphatic carbocycles. The number of carbonyl (C=O) groups excluding carboxylic acids is 1. The topological polar surface area (TPSA) is 63.6 Å². The third-order valence-corrected chi connectivity index (χ3v) is 5.29. The van der Waals surface area contributed by atoms with Gasteiger partial charge in [0.1, 0.15) is 5.75 Å². The standard InChI is InChI=1S/C26H21Cl2N3O2/c1-16(2)33-25-18(12-19(27)13-22(25)28)15-29-31-26(32)21-14-24(17-8-4-3-5-9-17)30-23-11-7-6-10-20(21)23/h3-16H,1-2H3,(H,31,32)/b29-15-. The first-order valence-electron chi connectivity index (χ1n) is 10.4. The third-order valence-electron chi connectivity index (χ3n) is 4.79. The maximum atomic E-state index is 13.1. The third kappa shape index (κ3) is 5.33. The number of nitrogens with one attached hydrogen (secondary N) is 1. The summed E-state index contributed by atoms with van der Waals surface area (Å²) in [6.45, 7) is 3.79. The van der Waals surface area contributed by atoms with Gasteiger partial charge in [-0.3, -0.25) is 4.79 Å². The minimum atomic E-state index is -0.360. The van der Waals surface area contributed by atoms with Gasteiger partial charge in [-0.05, 0) is 38.1 Å². The Balaban J connectivity index is 1.66. The molecular formula is C26H21Cl2N3O2. The van der Waals surface area contributed by atoms with Crippen LogP contribution in [0.4, 0.5) is 0 Å². The Morgan fingerprint density at radius 3 is 2.52 bits per heavy atom. The Morgan fingerprint density at radius 2 is 1.76 bits per heavy atom. The van der Waals surface area contributed by atoms with Crippen molar-refractivity contribution >= 4 is 46.2 Å². The highest BCUT2D eigenvalue weighted by Gasteiger charge is 2.14. The van der Waals surface area contributed by atoms with E-state index in [1.807, 2.05) is 68.4 Å². The molecule has 0 aliphatic rings. The number of hydrogen-bond acceptors (Lipinski definition) is 4. The molecule has 4 aromatic rings. The molecule has 0 bridgehead atoms. The number of amides is 1. The fourth-order valence-electron chi connectivity index (χ4n) is 3.38. The molecule has 0 spiro atoms. The molecular weight excluding hydrogens is 457 g/mol. The maximum absolute atomic E-state index is 13.1. The number of hydrogen-bond donors (Lipinski definition) is 1. The van der Waals surface area contributed by atoms with E-state index in [0.29, 0.717) is 32.6 Å². The Kier molecular flexibility index (Phi) is 6.92. The van der Waals surface area contributed by atoms with Gasteiger partial charge in [-0.25, -0.2) is 10.4 Å². The van der Waals surface area contributed by atoms with E-state index in [1.165, 1.54) is 6.21 Å². The summed E-state index contributed by atoms with van der Waals surface area (Å²) in [5.74, 6) is 0.0938. The lowest BCUT2D eigenvalue weighted by molar-refractivity contribution is 0.0956. The minimum Gasteiger partial charge on any atom is -0.489 e. The molecule has 0 aliphatic heterocycles. The van der Waals surface area contributed by atoms with Crippen LogP contribution in [0.5, 0.6) is 5.75 Å². The SMILES string of the molecule is CC(C)Oc1c(Cl)cc(Cl)cc1/C=N\NC(=O)c1cc(-c2ccccc2)nc2ccccc12. The average molecular weight is 478 g/mol. The summed E-state index contributed by atoms with van der Waals surface area (Å²) in [6, 6.07) is 22.3. The van der Waals surface area contributed by atoms with Crippen molar-refractivity contribution in [1.82, 2.24) is 10.4 Å². The van der Waals surface area contributed by atoms with Gasteiger partial charge in [0.15, 0.2) is 0 Å². The largest absolute Gasteiger partial charge is 0.489 e. The van der Waals surface area contributed by atoms with Crippen LogP contribution in [0.15, 0.2) is 77.9 Å². The average Bonchev–Trinajstić information content (AvgIpc) is 2.80. The van der Waals surface area contributed by atoms with Crippen molar-refractivity contribution in [2.75, 3.05) is 0 Å². The zero-order valence-electron chi connectivity index (χ0n) is 18.0. The van der Waals surface area contributed by atoms with Crippen molar-refractivity contribution in [2.45, 2.75) is 20.0 Å². The number of rotatable bonds is 6. The Morgan fingerprint density at radius 1 is 1.03 bits per heavy atom. The zero-order valence-corrected chi connectivity index (χ0v) is 19.6. The molecule has 1 amide bonds. The van der Waals surface area contributed by atoms with Crippen molar-refractivity contribution < 1.29 is 9.53 Å². The lowest BCUT2D eigenvalue weighted by Gasteiger charge is -2.14. The van der Waals surface area contributed by atoms with Gasteiger partial charge in [-0.1, -0.05) is 71.7 Å². The smallest absolute Gasteiger partial charge is 0.272 e.